The van der Waals surface area contributed by atoms with Crippen LogP contribution in [-0.4, -0.2) is 12.6 Å². The van der Waals surface area contributed by atoms with Crippen molar-refractivity contribution in [2.45, 2.75) is 25.8 Å². The van der Waals surface area contributed by atoms with E-state index in [1.807, 2.05) is 18.4 Å². The van der Waals surface area contributed by atoms with Gasteiger partial charge in [-0.15, -0.1) is 0 Å². The third-order valence-corrected chi connectivity index (χ3v) is 3.51. The Kier molecular flexibility index (Phi) is 4.93. The maximum absolute atomic E-state index is 13.8. The molecule has 2 nitrogen and oxygen atoms in total. The van der Waals surface area contributed by atoms with Gasteiger partial charge in [0.1, 0.15) is 0 Å². The zero-order valence-electron chi connectivity index (χ0n) is 10.9. The molecule has 0 radical (unpaired) electrons. The summed E-state index contributed by atoms with van der Waals surface area (Å²) < 4.78 is 19.3. The molecule has 0 saturated heterocycles. The highest BCUT2D eigenvalue weighted by molar-refractivity contribution is 7.07. The summed E-state index contributed by atoms with van der Waals surface area (Å²) in [7, 11) is 0. The largest absolute Gasteiger partial charge is 0.490 e. The predicted octanol–water partition coefficient (Wildman–Crippen LogP) is 3.40. The predicted molar refractivity (Wildman–Crippen MR) is 77.3 cm³/mol. The summed E-state index contributed by atoms with van der Waals surface area (Å²) in [4.78, 5) is 0. The van der Waals surface area contributed by atoms with Crippen molar-refractivity contribution < 1.29 is 9.13 Å². The van der Waals surface area contributed by atoms with E-state index in [0.717, 1.165) is 12.0 Å². The van der Waals surface area contributed by atoms with Gasteiger partial charge in [-0.1, -0.05) is 6.07 Å². The molecule has 1 aromatic carbocycles. The average molecular weight is 279 g/mol. The summed E-state index contributed by atoms with van der Waals surface area (Å²) in [5, 5.41) is 4.10. The van der Waals surface area contributed by atoms with E-state index in [1.54, 1.807) is 17.4 Å². The van der Waals surface area contributed by atoms with Crippen LogP contribution in [0.3, 0.4) is 0 Å². The lowest BCUT2D eigenvalue weighted by Gasteiger charge is -2.09. The highest BCUT2D eigenvalue weighted by Crippen LogP contribution is 2.19. The van der Waals surface area contributed by atoms with Gasteiger partial charge in [0.25, 0.3) is 0 Å². The highest BCUT2D eigenvalue weighted by atomic mass is 32.1. The quantitative estimate of drug-likeness (QED) is 0.879. The number of ether oxygens (including phenoxy) is 1. The number of hydrogen-bond donors (Lipinski definition) is 1. The zero-order valence-corrected chi connectivity index (χ0v) is 11.8. The van der Waals surface area contributed by atoms with E-state index in [4.69, 9.17) is 10.5 Å². The van der Waals surface area contributed by atoms with Crippen LogP contribution in [0.2, 0.25) is 0 Å². The number of benzene rings is 1. The summed E-state index contributed by atoms with van der Waals surface area (Å²) in [6, 6.07) is 7.14. The second kappa shape index (κ2) is 6.68. The molecule has 0 bridgehead atoms. The summed E-state index contributed by atoms with van der Waals surface area (Å²) in [6.07, 6.45) is 1.47. The van der Waals surface area contributed by atoms with Crippen LogP contribution in [0.15, 0.2) is 35.0 Å². The molecule has 0 spiro atoms. The Morgan fingerprint density at radius 2 is 2.16 bits per heavy atom. The summed E-state index contributed by atoms with van der Waals surface area (Å²) in [6.45, 7) is 2.39. The van der Waals surface area contributed by atoms with Crippen molar-refractivity contribution in [3.8, 4) is 5.75 Å². The van der Waals surface area contributed by atoms with Gasteiger partial charge in [0.2, 0.25) is 0 Å². The Morgan fingerprint density at radius 3 is 2.79 bits per heavy atom. The van der Waals surface area contributed by atoms with Crippen LogP contribution >= 0.6 is 11.3 Å². The Morgan fingerprint density at radius 1 is 1.32 bits per heavy atom. The minimum atomic E-state index is -0.316. The van der Waals surface area contributed by atoms with Crippen LogP contribution in [-0.2, 0) is 12.8 Å². The first-order valence-corrected chi connectivity index (χ1v) is 7.27. The van der Waals surface area contributed by atoms with Crippen LogP contribution in [0.25, 0.3) is 0 Å². The van der Waals surface area contributed by atoms with Crippen LogP contribution in [0, 0.1) is 5.82 Å². The molecular weight excluding hydrogens is 261 g/mol. The molecule has 1 atom stereocenters. The summed E-state index contributed by atoms with van der Waals surface area (Å²) >= 11 is 1.66. The number of thiophene rings is 1. The van der Waals surface area contributed by atoms with Crippen LogP contribution < -0.4 is 10.5 Å². The SMILES string of the molecule is CC(N)Cc1ccc(OCCc2ccsc2)c(F)c1. The maximum atomic E-state index is 13.8. The summed E-state index contributed by atoms with van der Waals surface area (Å²) in [5.74, 6) is -0.00729. The van der Waals surface area contributed by atoms with Crippen molar-refractivity contribution in [2.75, 3.05) is 6.61 Å². The van der Waals surface area contributed by atoms with E-state index in [9.17, 15) is 4.39 Å². The Hall–Kier alpha value is -1.39. The lowest BCUT2D eigenvalue weighted by molar-refractivity contribution is 0.305. The Balaban J connectivity index is 1.90. The fourth-order valence-electron chi connectivity index (χ4n) is 1.87. The van der Waals surface area contributed by atoms with E-state index in [-0.39, 0.29) is 11.9 Å². The molecule has 0 fully saturated rings. The van der Waals surface area contributed by atoms with Gasteiger partial charge in [0.15, 0.2) is 11.6 Å². The lowest BCUT2D eigenvalue weighted by Crippen LogP contribution is -2.17. The van der Waals surface area contributed by atoms with Gasteiger partial charge in [-0.25, -0.2) is 4.39 Å². The third-order valence-electron chi connectivity index (χ3n) is 2.78. The van der Waals surface area contributed by atoms with Crippen LogP contribution in [0.4, 0.5) is 4.39 Å². The molecule has 0 aliphatic heterocycles. The zero-order chi connectivity index (χ0) is 13.7. The number of nitrogens with two attached hydrogens (primary N) is 1. The van der Waals surface area contributed by atoms with Crippen molar-refractivity contribution in [3.05, 3.63) is 52.0 Å². The second-order valence-electron chi connectivity index (χ2n) is 4.68. The van der Waals surface area contributed by atoms with Crippen molar-refractivity contribution in [3.63, 3.8) is 0 Å². The Labute approximate surface area is 117 Å². The molecule has 0 saturated carbocycles. The van der Waals surface area contributed by atoms with Crippen LogP contribution in [0.5, 0.6) is 5.75 Å². The molecule has 102 valence electrons. The highest BCUT2D eigenvalue weighted by Gasteiger charge is 2.06. The van der Waals surface area contributed by atoms with E-state index in [1.165, 1.54) is 11.6 Å². The molecular formula is C15H18FNOS. The van der Waals surface area contributed by atoms with Crippen molar-refractivity contribution in [2.24, 2.45) is 5.73 Å². The molecule has 1 aromatic heterocycles. The standard InChI is InChI=1S/C15H18FNOS/c1-11(17)8-13-2-3-15(14(16)9-13)18-6-4-12-5-7-19-10-12/h2-3,5,7,9-11H,4,6,8,17H2,1H3. The molecule has 4 heteroatoms. The molecule has 2 rings (SSSR count). The molecule has 1 heterocycles. The molecule has 2 aromatic rings. The topological polar surface area (TPSA) is 35.2 Å². The van der Waals surface area contributed by atoms with Gasteiger partial charge in [-0.2, -0.15) is 11.3 Å². The number of rotatable bonds is 6. The number of halogens is 1. The van der Waals surface area contributed by atoms with Crippen molar-refractivity contribution in [1.29, 1.82) is 0 Å². The third kappa shape index (κ3) is 4.33. The van der Waals surface area contributed by atoms with E-state index in [0.29, 0.717) is 18.8 Å². The van der Waals surface area contributed by atoms with Gasteiger partial charge in [0.05, 0.1) is 6.61 Å². The first-order chi connectivity index (χ1) is 9.15. The fourth-order valence-corrected chi connectivity index (χ4v) is 2.58. The lowest BCUT2D eigenvalue weighted by atomic mass is 10.1. The minimum absolute atomic E-state index is 0.0322. The monoisotopic (exact) mass is 279 g/mol. The molecule has 19 heavy (non-hydrogen) atoms. The molecule has 0 aliphatic carbocycles. The van der Waals surface area contributed by atoms with Crippen molar-refractivity contribution >= 4 is 11.3 Å². The van der Waals surface area contributed by atoms with Gasteiger partial charge >= 0.3 is 0 Å². The van der Waals surface area contributed by atoms with E-state index >= 15 is 0 Å². The van der Waals surface area contributed by atoms with Gasteiger partial charge in [0, 0.05) is 12.5 Å². The minimum Gasteiger partial charge on any atom is -0.490 e. The molecule has 0 aliphatic rings. The Bertz CT molecular complexity index is 511. The maximum Gasteiger partial charge on any atom is 0.165 e. The fraction of sp³-hybridized carbons (Fsp3) is 0.333. The first kappa shape index (κ1) is 14.0. The van der Waals surface area contributed by atoms with Gasteiger partial charge in [-0.3, -0.25) is 0 Å². The first-order valence-electron chi connectivity index (χ1n) is 6.33. The van der Waals surface area contributed by atoms with Crippen molar-refractivity contribution in [1.82, 2.24) is 0 Å². The van der Waals surface area contributed by atoms with Gasteiger partial charge in [-0.05, 0) is 53.4 Å². The molecule has 0 amide bonds. The molecule has 2 N–H and O–H groups in total. The summed E-state index contributed by atoms with van der Waals surface area (Å²) in [5.41, 5.74) is 7.82. The average Bonchev–Trinajstić information content (AvgIpc) is 2.84. The molecule has 1 unspecified atom stereocenters. The smallest absolute Gasteiger partial charge is 0.165 e. The van der Waals surface area contributed by atoms with E-state index in [2.05, 4.69) is 11.4 Å². The van der Waals surface area contributed by atoms with Gasteiger partial charge < -0.3 is 10.5 Å². The normalized spacial score (nSPS) is 12.4. The second-order valence-corrected chi connectivity index (χ2v) is 5.46. The van der Waals surface area contributed by atoms with E-state index < -0.39 is 0 Å². The van der Waals surface area contributed by atoms with Crippen LogP contribution in [0.1, 0.15) is 18.1 Å². The number of hydrogen-bond acceptors (Lipinski definition) is 3.